The van der Waals surface area contributed by atoms with Gasteiger partial charge in [0.05, 0.1) is 17.7 Å². The molecule has 2 amide bonds. The number of hydrogen-bond acceptors (Lipinski definition) is 5. The molecule has 0 saturated carbocycles. The van der Waals surface area contributed by atoms with Crippen molar-refractivity contribution in [3.05, 3.63) is 89.7 Å². The van der Waals surface area contributed by atoms with Gasteiger partial charge in [-0.15, -0.1) is 0 Å². The van der Waals surface area contributed by atoms with Crippen molar-refractivity contribution >= 4 is 27.5 Å². The van der Waals surface area contributed by atoms with Gasteiger partial charge in [0.25, 0.3) is 10.0 Å². The predicted molar refractivity (Wildman–Crippen MR) is 148 cm³/mol. The van der Waals surface area contributed by atoms with Crippen LogP contribution in [0.5, 0.6) is 5.75 Å². The molecule has 39 heavy (non-hydrogen) atoms. The van der Waals surface area contributed by atoms with Gasteiger partial charge in [-0.2, -0.15) is 0 Å². The number of benzene rings is 3. The Bertz CT molecular complexity index is 1380. The fourth-order valence-electron chi connectivity index (χ4n) is 3.96. The van der Waals surface area contributed by atoms with Crippen LogP contribution in [0.1, 0.15) is 31.4 Å². The Labute approximate surface area is 229 Å². The van der Waals surface area contributed by atoms with Gasteiger partial charge in [-0.05, 0) is 79.9 Å². The minimum atomic E-state index is -4.25. The highest BCUT2D eigenvalue weighted by Crippen LogP contribution is 2.26. The molecule has 0 unspecified atom stereocenters. The number of halogens is 1. The molecule has 0 aliphatic heterocycles. The third-order valence-electron chi connectivity index (χ3n) is 6.36. The van der Waals surface area contributed by atoms with Crippen molar-refractivity contribution < 1.29 is 27.1 Å². The molecule has 0 heterocycles. The first-order valence-corrected chi connectivity index (χ1v) is 14.1. The minimum Gasteiger partial charge on any atom is -0.497 e. The number of nitrogens with one attached hydrogen (secondary N) is 1. The van der Waals surface area contributed by atoms with Gasteiger partial charge in [0, 0.05) is 13.1 Å². The Morgan fingerprint density at radius 3 is 2.23 bits per heavy atom. The SMILES string of the molecule is CCCNC(=O)[C@@H](C)N(Cc1ccccc1C)C(=O)CN(c1ccc(F)cc1)S(=O)(=O)c1ccc(OC)cc1. The maximum Gasteiger partial charge on any atom is 0.264 e. The second-order valence-corrected chi connectivity index (χ2v) is 10.9. The number of aryl methyl sites for hydroxylation is 1. The molecule has 1 N–H and O–H groups in total. The number of methoxy groups -OCH3 is 1. The smallest absolute Gasteiger partial charge is 0.264 e. The van der Waals surface area contributed by atoms with Crippen molar-refractivity contribution in [2.24, 2.45) is 0 Å². The Kier molecular flexibility index (Phi) is 10.1. The highest BCUT2D eigenvalue weighted by molar-refractivity contribution is 7.92. The second-order valence-electron chi connectivity index (χ2n) is 9.08. The molecule has 0 radical (unpaired) electrons. The van der Waals surface area contributed by atoms with Gasteiger partial charge < -0.3 is 15.0 Å². The Morgan fingerprint density at radius 1 is 1.00 bits per heavy atom. The highest BCUT2D eigenvalue weighted by Gasteiger charge is 2.32. The summed E-state index contributed by atoms with van der Waals surface area (Å²) in [6.07, 6.45) is 0.725. The maximum absolute atomic E-state index is 13.9. The molecular formula is C29H34FN3O5S. The largest absolute Gasteiger partial charge is 0.497 e. The van der Waals surface area contributed by atoms with Gasteiger partial charge in [-0.1, -0.05) is 31.2 Å². The van der Waals surface area contributed by atoms with Crippen molar-refractivity contribution in [1.82, 2.24) is 10.2 Å². The van der Waals surface area contributed by atoms with Crippen LogP contribution in [-0.4, -0.2) is 51.4 Å². The van der Waals surface area contributed by atoms with E-state index >= 15 is 0 Å². The summed E-state index contributed by atoms with van der Waals surface area (Å²) in [5.41, 5.74) is 1.87. The van der Waals surface area contributed by atoms with Crippen molar-refractivity contribution in [3.8, 4) is 5.75 Å². The monoisotopic (exact) mass is 555 g/mol. The molecule has 0 aliphatic carbocycles. The molecule has 8 nitrogen and oxygen atoms in total. The summed E-state index contributed by atoms with van der Waals surface area (Å²) in [5, 5.41) is 2.81. The molecule has 0 fully saturated rings. The number of amides is 2. The number of anilines is 1. The summed E-state index contributed by atoms with van der Waals surface area (Å²) in [4.78, 5) is 28.1. The van der Waals surface area contributed by atoms with E-state index in [9.17, 15) is 22.4 Å². The molecule has 3 aromatic rings. The van der Waals surface area contributed by atoms with E-state index in [1.54, 1.807) is 6.92 Å². The fourth-order valence-corrected chi connectivity index (χ4v) is 5.37. The van der Waals surface area contributed by atoms with Gasteiger partial charge in [-0.3, -0.25) is 13.9 Å². The van der Waals surface area contributed by atoms with Crippen LogP contribution in [0.25, 0.3) is 0 Å². The lowest BCUT2D eigenvalue weighted by Crippen LogP contribution is -2.51. The van der Waals surface area contributed by atoms with Crippen molar-refractivity contribution in [1.29, 1.82) is 0 Å². The summed E-state index contributed by atoms with van der Waals surface area (Å²) in [6.45, 7) is 5.39. The van der Waals surface area contributed by atoms with E-state index < -0.39 is 34.3 Å². The van der Waals surface area contributed by atoms with Gasteiger partial charge in [0.2, 0.25) is 11.8 Å². The standard InChI is InChI=1S/C29H34FN3O5S/c1-5-18-31-29(35)22(3)32(19-23-9-7-6-8-21(23)2)28(34)20-33(25-12-10-24(30)11-13-25)39(36,37)27-16-14-26(38-4)15-17-27/h6-17,22H,5,18-20H2,1-4H3,(H,31,35)/t22-/m1/s1. The van der Waals surface area contributed by atoms with E-state index in [0.717, 1.165) is 34.0 Å². The van der Waals surface area contributed by atoms with Crippen molar-refractivity contribution in [2.75, 3.05) is 24.5 Å². The number of sulfonamides is 1. The van der Waals surface area contributed by atoms with Crippen LogP contribution < -0.4 is 14.4 Å². The lowest BCUT2D eigenvalue weighted by molar-refractivity contribution is -0.139. The van der Waals surface area contributed by atoms with E-state index in [1.807, 2.05) is 38.1 Å². The lowest BCUT2D eigenvalue weighted by Gasteiger charge is -2.32. The van der Waals surface area contributed by atoms with E-state index in [0.29, 0.717) is 12.3 Å². The molecule has 0 saturated heterocycles. The summed E-state index contributed by atoms with van der Waals surface area (Å²) in [7, 11) is -2.79. The summed E-state index contributed by atoms with van der Waals surface area (Å²) in [5.74, 6) is -1.01. The summed E-state index contributed by atoms with van der Waals surface area (Å²) in [6, 6.07) is 17.2. The van der Waals surface area contributed by atoms with Gasteiger partial charge in [0.1, 0.15) is 24.2 Å². The molecule has 0 aromatic heterocycles. The normalized spacial score (nSPS) is 11.9. The maximum atomic E-state index is 13.9. The summed E-state index contributed by atoms with van der Waals surface area (Å²) >= 11 is 0. The van der Waals surface area contributed by atoms with Crippen LogP contribution in [0.3, 0.4) is 0 Å². The first-order chi connectivity index (χ1) is 18.6. The number of carbonyl (C=O) groups excluding carboxylic acids is 2. The molecule has 3 rings (SSSR count). The molecule has 3 aromatic carbocycles. The van der Waals surface area contributed by atoms with Gasteiger partial charge in [-0.25, -0.2) is 12.8 Å². The molecule has 208 valence electrons. The topological polar surface area (TPSA) is 96.0 Å². The Balaban J connectivity index is 2.02. The van der Waals surface area contributed by atoms with Crippen LogP contribution in [0.15, 0.2) is 77.7 Å². The van der Waals surface area contributed by atoms with Crippen molar-refractivity contribution in [3.63, 3.8) is 0 Å². The van der Waals surface area contributed by atoms with Crippen LogP contribution in [0.4, 0.5) is 10.1 Å². The molecule has 0 bridgehead atoms. The first-order valence-electron chi connectivity index (χ1n) is 12.6. The quantitative estimate of drug-likeness (QED) is 0.360. The van der Waals surface area contributed by atoms with E-state index in [4.69, 9.17) is 4.74 Å². The minimum absolute atomic E-state index is 0.0698. The van der Waals surface area contributed by atoms with Crippen molar-refractivity contribution in [2.45, 2.75) is 44.7 Å². The average Bonchev–Trinajstić information content (AvgIpc) is 2.94. The molecule has 10 heteroatoms. The third-order valence-corrected chi connectivity index (χ3v) is 8.15. The van der Waals surface area contributed by atoms with Crippen LogP contribution in [0, 0.1) is 12.7 Å². The second kappa shape index (κ2) is 13.2. The zero-order valence-corrected chi connectivity index (χ0v) is 23.4. The van der Waals surface area contributed by atoms with E-state index in [2.05, 4.69) is 5.32 Å². The number of rotatable bonds is 12. The van der Waals surface area contributed by atoms with Gasteiger partial charge >= 0.3 is 0 Å². The average molecular weight is 556 g/mol. The fraction of sp³-hybridized carbons (Fsp3) is 0.310. The van der Waals surface area contributed by atoms with Crippen LogP contribution in [0.2, 0.25) is 0 Å². The summed E-state index contributed by atoms with van der Waals surface area (Å²) < 4.78 is 47.3. The van der Waals surface area contributed by atoms with E-state index in [-0.39, 0.29) is 23.0 Å². The zero-order chi connectivity index (χ0) is 28.6. The first kappa shape index (κ1) is 29.6. The van der Waals surface area contributed by atoms with Gasteiger partial charge in [0.15, 0.2) is 0 Å². The Hall–Kier alpha value is -3.92. The number of ether oxygens (including phenoxy) is 1. The predicted octanol–water partition coefficient (Wildman–Crippen LogP) is 4.28. The molecule has 1 atom stereocenters. The van der Waals surface area contributed by atoms with E-state index in [1.165, 1.54) is 48.4 Å². The highest BCUT2D eigenvalue weighted by atomic mass is 32.2. The molecule has 0 aliphatic rings. The zero-order valence-electron chi connectivity index (χ0n) is 22.6. The molecule has 0 spiro atoms. The van der Waals surface area contributed by atoms with Crippen LogP contribution >= 0.6 is 0 Å². The van der Waals surface area contributed by atoms with Crippen LogP contribution in [-0.2, 0) is 26.2 Å². The number of hydrogen-bond donors (Lipinski definition) is 1. The number of nitrogens with zero attached hydrogens (tertiary/aromatic N) is 2. The molecular weight excluding hydrogens is 521 g/mol. The lowest BCUT2D eigenvalue weighted by atomic mass is 10.1. The number of carbonyl (C=O) groups is 2. The Morgan fingerprint density at radius 2 is 1.64 bits per heavy atom. The third kappa shape index (κ3) is 7.35.